The SMILES string of the molecule is Cc1cc(C)c(S(=O)(=O)N[C@@H](C)C(C)(C)CN(C)C)c(C)c1. The van der Waals surface area contributed by atoms with Crippen molar-refractivity contribution in [1.82, 2.24) is 9.62 Å². The van der Waals surface area contributed by atoms with Crippen LogP contribution in [0.15, 0.2) is 17.0 Å². The molecular weight excluding hydrogens is 296 g/mol. The largest absolute Gasteiger partial charge is 0.309 e. The fourth-order valence-corrected chi connectivity index (χ4v) is 4.86. The molecule has 0 radical (unpaired) electrons. The average molecular weight is 327 g/mol. The Labute approximate surface area is 136 Å². The van der Waals surface area contributed by atoms with E-state index in [2.05, 4.69) is 23.5 Å². The number of hydrogen-bond acceptors (Lipinski definition) is 3. The van der Waals surface area contributed by atoms with Gasteiger partial charge < -0.3 is 4.90 Å². The van der Waals surface area contributed by atoms with E-state index in [1.807, 2.05) is 53.9 Å². The van der Waals surface area contributed by atoms with Gasteiger partial charge in [-0.2, -0.15) is 0 Å². The zero-order valence-corrected chi connectivity index (χ0v) is 15.9. The van der Waals surface area contributed by atoms with Crippen LogP contribution in [0.4, 0.5) is 0 Å². The number of nitrogens with one attached hydrogen (secondary N) is 1. The molecule has 0 bridgehead atoms. The van der Waals surface area contributed by atoms with Gasteiger partial charge in [0.1, 0.15) is 0 Å². The van der Waals surface area contributed by atoms with Crippen LogP contribution in [0.5, 0.6) is 0 Å². The summed E-state index contributed by atoms with van der Waals surface area (Å²) in [5, 5.41) is 0. The van der Waals surface area contributed by atoms with Crippen molar-refractivity contribution in [2.75, 3.05) is 20.6 Å². The van der Waals surface area contributed by atoms with Gasteiger partial charge in [-0.15, -0.1) is 0 Å². The zero-order valence-electron chi connectivity index (χ0n) is 15.1. The summed E-state index contributed by atoms with van der Waals surface area (Å²) < 4.78 is 28.5. The van der Waals surface area contributed by atoms with Crippen molar-refractivity contribution in [3.05, 3.63) is 28.8 Å². The topological polar surface area (TPSA) is 49.4 Å². The van der Waals surface area contributed by atoms with Gasteiger partial charge in [-0.1, -0.05) is 31.5 Å². The summed E-state index contributed by atoms with van der Waals surface area (Å²) in [7, 11) is 0.469. The van der Waals surface area contributed by atoms with Crippen LogP contribution in [0.2, 0.25) is 0 Å². The summed E-state index contributed by atoms with van der Waals surface area (Å²) in [6.45, 7) is 12.6. The van der Waals surface area contributed by atoms with Gasteiger partial charge in [0.15, 0.2) is 0 Å². The van der Waals surface area contributed by atoms with Gasteiger partial charge in [0.05, 0.1) is 4.90 Å². The summed E-state index contributed by atoms with van der Waals surface area (Å²) >= 11 is 0. The second kappa shape index (κ2) is 6.69. The Morgan fingerprint density at radius 3 is 2.00 bits per heavy atom. The lowest BCUT2D eigenvalue weighted by Gasteiger charge is -2.34. The van der Waals surface area contributed by atoms with Gasteiger partial charge in [0.25, 0.3) is 0 Å². The highest BCUT2D eigenvalue weighted by molar-refractivity contribution is 7.89. The van der Waals surface area contributed by atoms with Crippen LogP contribution in [-0.4, -0.2) is 40.0 Å². The first kappa shape index (κ1) is 19.1. The number of aryl methyl sites for hydroxylation is 3. The maximum absolute atomic E-state index is 12.8. The Morgan fingerprint density at radius 1 is 1.14 bits per heavy atom. The van der Waals surface area contributed by atoms with Gasteiger partial charge in [-0.3, -0.25) is 0 Å². The van der Waals surface area contributed by atoms with E-state index in [0.717, 1.165) is 23.2 Å². The molecule has 126 valence electrons. The van der Waals surface area contributed by atoms with Crippen LogP contribution in [0, 0.1) is 26.2 Å². The highest BCUT2D eigenvalue weighted by atomic mass is 32.2. The molecule has 0 aromatic heterocycles. The van der Waals surface area contributed by atoms with E-state index in [1.54, 1.807) is 0 Å². The first-order chi connectivity index (χ1) is 9.86. The summed E-state index contributed by atoms with van der Waals surface area (Å²) in [6.07, 6.45) is 0. The molecule has 0 fully saturated rings. The molecule has 0 heterocycles. The fraction of sp³-hybridized carbons (Fsp3) is 0.647. The number of hydrogen-bond donors (Lipinski definition) is 1. The van der Waals surface area contributed by atoms with E-state index in [-0.39, 0.29) is 11.5 Å². The summed E-state index contributed by atoms with van der Waals surface area (Å²) in [6, 6.07) is 3.66. The predicted molar refractivity (Wildman–Crippen MR) is 92.8 cm³/mol. The van der Waals surface area contributed by atoms with Crippen LogP contribution in [0.25, 0.3) is 0 Å². The summed E-state index contributed by atoms with van der Waals surface area (Å²) in [5.41, 5.74) is 2.50. The highest BCUT2D eigenvalue weighted by Crippen LogP contribution is 2.26. The van der Waals surface area contributed by atoms with Crippen molar-refractivity contribution in [1.29, 1.82) is 0 Å². The second-order valence-electron chi connectivity index (χ2n) is 7.30. The molecule has 0 amide bonds. The minimum absolute atomic E-state index is 0.164. The molecule has 4 nitrogen and oxygen atoms in total. The van der Waals surface area contributed by atoms with Crippen LogP contribution in [-0.2, 0) is 10.0 Å². The van der Waals surface area contributed by atoms with Crippen molar-refractivity contribution >= 4 is 10.0 Å². The monoisotopic (exact) mass is 326 g/mol. The number of sulfonamides is 1. The Bertz CT molecular complexity index is 611. The van der Waals surface area contributed by atoms with Gasteiger partial charge in [-0.05, 0) is 58.3 Å². The minimum atomic E-state index is -3.53. The summed E-state index contributed by atoms with van der Waals surface area (Å²) in [4.78, 5) is 2.48. The van der Waals surface area contributed by atoms with Gasteiger partial charge in [0, 0.05) is 12.6 Å². The van der Waals surface area contributed by atoms with E-state index in [4.69, 9.17) is 0 Å². The van der Waals surface area contributed by atoms with Crippen molar-refractivity contribution in [3.63, 3.8) is 0 Å². The molecule has 5 heteroatoms. The van der Waals surface area contributed by atoms with Gasteiger partial charge >= 0.3 is 0 Å². The molecule has 1 aromatic rings. The Balaban J connectivity index is 3.12. The molecule has 0 spiro atoms. The third-order valence-electron chi connectivity index (χ3n) is 4.10. The lowest BCUT2D eigenvalue weighted by atomic mass is 9.85. The smallest absolute Gasteiger partial charge is 0.241 e. The Kier molecular flexibility index (Phi) is 5.82. The number of rotatable bonds is 6. The van der Waals surface area contributed by atoms with Gasteiger partial charge in [-0.25, -0.2) is 13.1 Å². The van der Waals surface area contributed by atoms with Crippen LogP contribution < -0.4 is 4.72 Å². The molecule has 0 unspecified atom stereocenters. The second-order valence-corrected chi connectivity index (χ2v) is 8.95. The Morgan fingerprint density at radius 2 is 1.59 bits per heavy atom. The molecule has 0 aliphatic heterocycles. The average Bonchev–Trinajstić information content (AvgIpc) is 2.23. The van der Waals surface area contributed by atoms with Crippen molar-refractivity contribution in [2.45, 2.75) is 52.5 Å². The predicted octanol–water partition coefficient (Wildman–Crippen LogP) is 2.87. The normalized spacial score (nSPS) is 14.4. The molecule has 1 rings (SSSR count). The maximum Gasteiger partial charge on any atom is 0.241 e. The van der Waals surface area contributed by atoms with Crippen LogP contribution in [0.3, 0.4) is 0 Å². The van der Waals surface area contributed by atoms with Crippen LogP contribution in [0.1, 0.15) is 37.5 Å². The van der Waals surface area contributed by atoms with E-state index in [9.17, 15) is 8.42 Å². The molecule has 0 aliphatic rings. The zero-order chi connectivity index (χ0) is 17.3. The third-order valence-corrected chi connectivity index (χ3v) is 5.95. The quantitative estimate of drug-likeness (QED) is 0.874. The molecule has 0 aliphatic carbocycles. The van der Waals surface area contributed by atoms with Crippen molar-refractivity contribution in [2.24, 2.45) is 5.41 Å². The maximum atomic E-state index is 12.8. The van der Waals surface area contributed by atoms with E-state index in [0.29, 0.717) is 4.90 Å². The molecule has 1 aromatic carbocycles. The highest BCUT2D eigenvalue weighted by Gasteiger charge is 2.31. The fourth-order valence-electron chi connectivity index (χ4n) is 2.99. The van der Waals surface area contributed by atoms with Gasteiger partial charge in [0.2, 0.25) is 10.0 Å². The Hall–Kier alpha value is -0.910. The summed E-state index contributed by atoms with van der Waals surface area (Å²) in [5.74, 6) is 0. The molecule has 1 N–H and O–H groups in total. The van der Waals surface area contributed by atoms with E-state index >= 15 is 0 Å². The first-order valence-electron chi connectivity index (χ1n) is 7.62. The van der Waals surface area contributed by atoms with E-state index in [1.165, 1.54) is 0 Å². The lowest BCUT2D eigenvalue weighted by molar-refractivity contribution is 0.198. The lowest BCUT2D eigenvalue weighted by Crippen LogP contribution is -2.47. The van der Waals surface area contributed by atoms with E-state index < -0.39 is 10.0 Å². The van der Waals surface area contributed by atoms with Crippen molar-refractivity contribution in [3.8, 4) is 0 Å². The molecule has 22 heavy (non-hydrogen) atoms. The standard InChI is InChI=1S/C17H30N2O2S/c1-12-9-13(2)16(14(3)10-12)22(20,21)18-15(4)17(5,6)11-19(7)8/h9-10,15,18H,11H2,1-8H3/t15-/m0/s1. The molecular formula is C17H30N2O2S. The number of benzene rings is 1. The first-order valence-corrected chi connectivity index (χ1v) is 9.10. The molecule has 1 atom stereocenters. The number of nitrogens with zero attached hydrogens (tertiary/aromatic N) is 1. The van der Waals surface area contributed by atoms with Crippen molar-refractivity contribution < 1.29 is 8.42 Å². The molecule has 0 saturated carbocycles. The molecule has 0 saturated heterocycles. The minimum Gasteiger partial charge on any atom is -0.309 e. The third kappa shape index (κ3) is 4.54. The van der Waals surface area contributed by atoms with Crippen LogP contribution >= 0.6 is 0 Å².